The van der Waals surface area contributed by atoms with E-state index in [2.05, 4.69) is 25.6 Å². The van der Waals surface area contributed by atoms with E-state index in [-0.39, 0.29) is 17.0 Å². The molecule has 0 saturated heterocycles. The maximum absolute atomic E-state index is 13.6. The molecule has 0 atom stereocenters. The molecule has 0 aliphatic heterocycles. The molecule has 0 unspecified atom stereocenters. The number of nitrogens with one attached hydrogen (secondary N) is 2. The summed E-state index contributed by atoms with van der Waals surface area (Å²) in [5.74, 6) is 0.625. The van der Waals surface area contributed by atoms with Gasteiger partial charge in [0.1, 0.15) is 5.69 Å². The minimum atomic E-state index is -4.61. The third kappa shape index (κ3) is 5.82. The van der Waals surface area contributed by atoms with Crippen molar-refractivity contribution in [1.82, 2.24) is 20.3 Å². The van der Waals surface area contributed by atoms with Crippen LogP contribution >= 0.6 is 0 Å². The summed E-state index contributed by atoms with van der Waals surface area (Å²) < 4.78 is 79.5. The van der Waals surface area contributed by atoms with Crippen molar-refractivity contribution in [1.29, 1.82) is 0 Å². The first-order valence-corrected chi connectivity index (χ1v) is 11.6. The first kappa shape index (κ1) is 24.9. The molecule has 3 aromatic heterocycles. The van der Waals surface area contributed by atoms with E-state index in [4.69, 9.17) is 0 Å². The topological polar surface area (TPSA) is 62.7 Å². The second-order valence-electron chi connectivity index (χ2n) is 8.90. The second-order valence-corrected chi connectivity index (χ2v) is 8.90. The van der Waals surface area contributed by atoms with Gasteiger partial charge in [-0.05, 0) is 79.9 Å². The van der Waals surface area contributed by atoms with Crippen LogP contribution in [0.5, 0.6) is 0 Å². The Hall–Kier alpha value is -3.73. The normalized spacial score (nSPS) is 14.2. The smallest absolute Gasteiger partial charge is 0.355 e. The Balaban J connectivity index is 1.53. The SMILES string of the molecule is FC(F)(F)c1ccc(Nc2cc(CNCC3CC3)nc3nc(-c4ncccc4C(F)(F)F)ccc23)cc1. The zero-order valence-electron chi connectivity index (χ0n) is 19.3. The zero-order chi connectivity index (χ0) is 26.2. The van der Waals surface area contributed by atoms with Gasteiger partial charge < -0.3 is 10.6 Å². The summed E-state index contributed by atoms with van der Waals surface area (Å²) in [5, 5.41) is 6.92. The lowest BCUT2D eigenvalue weighted by atomic mass is 10.1. The van der Waals surface area contributed by atoms with E-state index in [1.165, 1.54) is 30.5 Å². The zero-order valence-corrected chi connectivity index (χ0v) is 19.3. The number of alkyl halides is 6. The second kappa shape index (κ2) is 9.62. The van der Waals surface area contributed by atoms with Crippen LogP contribution in [0, 0.1) is 5.92 Å². The molecule has 5 nitrogen and oxygen atoms in total. The van der Waals surface area contributed by atoms with Crippen molar-refractivity contribution in [2.75, 3.05) is 11.9 Å². The fraction of sp³-hybridized carbons (Fsp3) is 0.269. The van der Waals surface area contributed by atoms with E-state index in [9.17, 15) is 26.3 Å². The van der Waals surface area contributed by atoms with Crippen molar-refractivity contribution in [3.05, 3.63) is 77.6 Å². The first-order valence-electron chi connectivity index (χ1n) is 11.6. The summed E-state index contributed by atoms with van der Waals surface area (Å²) in [4.78, 5) is 12.9. The minimum absolute atomic E-state index is 0.0106. The van der Waals surface area contributed by atoms with Crippen LogP contribution in [0.2, 0.25) is 0 Å². The summed E-state index contributed by atoms with van der Waals surface area (Å²) in [6, 6.07) is 11.5. The van der Waals surface area contributed by atoms with E-state index in [0.717, 1.165) is 37.6 Å². The summed E-state index contributed by atoms with van der Waals surface area (Å²) in [5.41, 5.74) is -0.281. The van der Waals surface area contributed by atoms with Crippen molar-refractivity contribution < 1.29 is 26.3 Å². The number of hydrogen-bond acceptors (Lipinski definition) is 5. The standard InChI is InChI=1S/C26H21F6N5/c27-25(28,29)16-5-7-17(8-6-16)35-22-12-18(14-33-13-15-3-4-15)36-24-19(22)9-10-21(37-24)23-20(26(30,31)32)2-1-11-34-23/h1-2,5-12,15,33H,3-4,13-14H2,(H,35,36,37). The molecule has 2 N–H and O–H groups in total. The van der Waals surface area contributed by atoms with E-state index >= 15 is 0 Å². The summed E-state index contributed by atoms with van der Waals surface area (Å²) in [6.45, 7) is 1.22. The average molecular weight is 517 g/mol. The van der Waals surface area contributed by atoms with Crippen molar-refractivity contribution in [3.63, 3.8) is 0 Å². The predicted octanol–water partition coefficient (Wildman–Crippen LogP) is 6.97. The van der Waals surface area contributed by atoms with Crippen LogP contribution in [0.4, 0.5) is 37.7 Å². The molecule has 1 saturated carbocycles. The third-order valence-corrected chi connectivity index (χ3v) is 6.01. The van der Waals surface area contributed by atoms with Gasteiger partial charge in [-0.3, -0.25) is 4.98 Å². The monoisotopic (exact) mass is 517 g/mol. The lowest BCUT2D eigenvalue weighted by Crippen LogP contribution is -2.17. The molecule has 4 aromatic rings. The Morgan fingerprint density at radius 2 is 1.62 bits per heavy atom. The predicted molar refractivity (Wildman–Crippen MR) is 127 cm³/mol. The number of halogens is 6. The molecule has 0 amide bonds. The molecule has 37 heavy (non-hydrogen) atoms. The quantitative estimate of drug-likeness (QED) is 0.259. The van der Waals surface area contributed by atoms with Gasteiger partial charge in [-0.2, -0.15) is 26.3 Å². The molecule has 5 rings (SSSR count). The summed E-state index contributed by atoms with van der Waals surface area (Å²) >= 11 is 0. The van der Waals surface area contributed by atoms with Crippen molar-refractivity contribution in [2.45, 2.75) is 31.7 Å². The van der Waals surface area contributed by atoms with Crippen LogP contribution in [0.3, 0.4) is 0 Å². The van der Waals surface area contributed by atoms with Gasteiger partial charge in [0.05, 0.1) is 28.2 Å². The van der Waals surface area contributed by atoms with Crippen LogP contribution in [-0.2, 0) is 18.9 Å². The highest BCUT2D eigenvalue weighted by atomic mass is 19.4. The summed E-state index contributed by atoms with van der Waals surface area (Å²) in [7, 11) is 0. The molecule has 1 aromatic carbocycles. The van der Waals surface area contributed by atoms with E-state index in [1.54, 1.807) is 12.1 Å². The Bertz CT molecular complexity index is 1410. The number of hydrogen-bond donors (Lipinski definition) is 2. The molecule has 1 aliphatic carbocycles. The van der Waals surface area contributed by atoms with Crippen LogP contribution in [-0.4, -0.2) is 21.5 Å². The largest absolute Gasteiger partial charge is 0.418 e. The van der Waals surface area contributed by atoms with Crippen LogP contribution in [0.15, 0.2) is 60.8 Å². The lowest BCUT2D eigenvalue weighted by molar-refractivity contribution is -0.138. The number of fused-ring (bicyclic) bond motifs is 1. The van der Waals surface area contributed by atoms with Gasteiger partial charge in [0.2, 0.25) is 0 Å². The number of pyridine rings is 3. The molecule has 0 spiro atoms. The Morgan fingerprint density at radius 1 is 0.865 bits per heavy atom. The molecule has 3 heterocycles. The molecular formula is C26H21F6N5. The maximum Gasteiger partial charge on any atom is 0.418 e. The number of aromatic nitrogens is 3. The van der Waals surface area contributed by atoms with Gasteiger partial charge in [-0.1, -0.05) is 0 Å². The Kier molecular flexibility index (Phi) is 6.49. The fourth-order valence-electron chi connectivity index (χ4n) is 3.94. The van der Waals surface area contributed by atoms with Crippen molar-refractivity contribution in [3.8, 4) is 11.4 Å². The lowest BCUT2D eigenvalue weighted by Gasteiger charge is -2.15. The highest BCUT2D eigenvalue weighted by Gasteiger charge is 2.35. The van der Waals surface area contributed by atoms with Gasteiger partial charge in [-0.25, -0.2) is 9.97 Å². The van der Waals surface area contributed by atoms with Crippen molar-refractivity contribution >= 4 is 22.4 Å². The fourth-order valence-corrected chi connectivity index (χ4v) is 3.94. The van der Waals surface area contributed by atoms with E-state index in [1.807, 2.05) is 0 Å². The summed E-state index contributed by atoms with van der Waals surface area (Å²) in [6.07, 6.45) is -5.48. The Morgan fingerprint density at radius 3 is 2.30 bits per heavy atom. The highest BCUT2D eigenvalue weighted by molar-refractivity contribution is 5.92. The molecule has 0 radical (unpaired) electrons. The number of nitrogens with zero attached hydrogens (tertiary/aromatic N) is 3. The first-order chi connectivity index (χ1) is 17.6. The molecular weight excluding hydrogens is 496 g/mol. The van der Waals surface area contributed by atoms with Crippen molar-refractivity contribution in [2.24, 2.45) is 5.92 Å². The molecule has 11 heteroatoms. The van der Waals surface area contributed by atoms with Gasteiger partial charge in [-0.15, -0.1) is 0 Å². The van der Waals surface area contributed by atoms with E-state index < -0.39 is 23.5 Å². The van der Waals surface area contributed by atoms with Gasteiger partial charge >= 0.3 is 12.4 Å². The molecule has 192 valence electrons. The molecule has 1 aliphatic rings. The highest BCUT2D eigenvalue weighted by Crippen LogP contribution is 2.36. The number of benzene rings is 1. The molecule has 0 bridgehead atoms. The van der Waals surface area contributed by atoms with E-state index in [0.29, 0.717) is 34.9 Å². The van der Waals surface area contributed by atoms with Crippen LogP contribution in [0.1, 0.15) is 29.7 Å². The average Bonchev–Trinajstić information content (AvgIpc) is 3.67. The number of anilines is 2. The third-order valence-electron chi connectivity index (χ3n) is 6.01. The molecule has 1 fully saturated rings. The van der Waals surface area contributed by atoms with Gasteiger partial charge in [0, 0.05) is 23.8 Å². The van der Waals surface area contributed by atoms with Crippen LogP contribution < -0.4 is 10.6 Å². The maximum atomic E-state index is 13.6. The minimum Gasteiger partial charge on any atom is -0.355 e. The van der Waals surface area contributed by atoms with Gasteiger partial charge in [0.25, 0.3) is 0 Å². The van der Waals surface area contributed by atoms with Gasteiger partial charge in [0.15, 0.2) is 5.65 Å². The number of rotatable bonds is 7. The van der Waals surface area contributed by atoms with Crippen LogP contribution in [0.25, 0.3) is 22.4 Å². The Labute approximate surface area is 208 Å².